The molecule has 5 heteroatoms. The molecule has 3 aromatic rings. The molecule has 1 amide bonds. The Balaban J connectivity index is 1.54. The van der Waals surface area contributed by atoms with Crippen molar-refractivity contribution in [3.05, 3.63) is 83.0 Å². The van der Waals surface area contributed by atoms with Gasteiger partial charge in [0.15, 0.2) is 0 Å². The average Bonchev–Trinajstić information content (AvgIpc) is 2.71. The molecule has 28 heavy (non-hydrogen) atoms. The van der Waals surface area contributed by atoms with Gasteiger partial charge in [0.2, 0.25) is 0 Å². The van der Waals surface area contributed by atoms with Crippen molar-refractivity contribution in [3.63, 3.8) is 0 Å². The predicted octanol–water partition coefficient (Wildman–Crippen LogP) is 4.61. The van der Waals surface area contributed by atoms with E-state index in [4.69, 9.17) is 4.74 Å². The Morgan fingerprint density at radius 3 is 2.57 bits per heavy atom. The van der Waals surface area contributed by atoms with E-state index in [2.05, 4.69) is 21.7 Å². The third-order valence-corrected chi connectivity index (χ3v) is 4.69. The van der Waals surface area contributed by atoms with Crippen LogP contribution in [0.2, 0.25) is 0 Å². The minimum absolute atomic E-state index is 0.160. The van der Waals surface area contributed by atoms with Gasteiger partial charge in [0, 0.05) is 12.1 Å². The summed E-state index contributed by atoms with van der Waals surface area (Å²) in [5.41, 5.74) is 4.94. The first-order valence-corrected chi connectivity index (χ1v) is 9.27. The van der Waals surface area contributed by atoms with Gasteiger partial charge in [-0.25, -0.2) is 4.98 Å². The number of pyridine rings is 1. The summed E-state index contributed by atoms with van der Waals surface area (Å²) in [5, 5.41) is 6.17. The van der Waals surface area contributed by atoms with E-state index in [9.17, 15) is 4.79 Å². The van der Waals surface area contributed by atoms with Gasteiger partial charge in [-0.2, -0.15) is 0 Å². The first kappa shape index (κ1) is 19.4. The maximum absolute atomic E-state index is 12.4. The third kappa shape index (κ3) is 4.88. The highest BCUT2D eigenvalue weighted by Crippen LogP contribution is 2.18. The number of amides is 1. The van der Waals surface area contributed by atoms with Crippen LogP contribution < -0.4 is 15.4 Å². The van der Waals surface area contributed by atoms with Crippen LogP contribution in [0, 0.1) is 13.8 Å². The summed E-state index contributed by atoms with van der Waals surface area (Å²) >= 11 is 0. The average molecular weight is 375 g/mol. The van der Waals surface area contributed by atoms with Crippen LogP contribution in [0.15, 0.2) is 60.8 Å². The Labute approximate surface area is 165 Å². The molecule has 0 spiro atoms. The summed E-state index contributed by atoms with van der Waals surface area (Å²) in [5.74, 6) is 1.26. The van der Waals surface area contributed by atoms with E-state index in [1.54, 1.807) is 19.4 Å². The molecule has 3 rings (SSSR count). The van der Waals surface area contributed by atoms with E-state index in [1.165, 1.54) is 5.56 Å². The molecule has 0 saturated heterocycles. The van der Waals surface area contributed by atoms with Crippen LogP contribution in [0.4, 0.5) is 11.5 Å². The van der Waals surface area contributed by atoms with Crippen molar-refractivity contribution in [3.8, 4) is 5.75 Å². The molecule has 0 fully saturated rings. The van der Waals surface area contributed by atoms with Crippen molar-refractivity contribution < 1.29 is 9.53 Å². The summed E-state index contributed by atoms with van der Waals surface area (Å²) in [6.45, 7) is 4.78. The van der Waals surface area contributed by atoms with E-state index in [0.29, 0.717) is 11.4 Å². The first-order valence-electron chi connectivity index (χ1n) is 9.27. The lowest BCUT2D eigenvalue weighted by atomic mass is 10.1. The van der Waals surface area contributed by atoms with E-state index in [1.807, 2.05) is 56.3 Å². The normalized spacial score (nSPS) is 10.4. The number of aryl methyl sites for hydroxylation is 2. The zero-order valence-electron chi connectivity index (χ0n) is 16.5. The van der Waals surface area contributed by atoms with Crippen LogP contribution >= 0.6 is 0 Å². The summed E-state index contributed by atoms with van der Waals surface area (Å²) in [7, 11) is 1.68. The summed E-state index contributed by atoms with van der Waals surface area (Å²) in [4.78, 5) is 16.7. The zero-order valence-corrected chi connectivity index (χ0v) is 16.5. The van der Waals surface area contributed by atoms with Gasteiger partial charge in [-0.1, -0.05) is 24.3 Å². The van der Waals surface area contributed by atoms with E-state index < -0.39 is 0 Å². The maximum atomic E-state index is 12.4. The quantitative estimate of drug-likeness (QED) is 0.633. The van der Waals surface area contributed by atoms with Gasteiger partial charge in [0.05, 0.1) is 19.0 Å². The van der Waals surface area contributed by atoms with Gasteiger partial charge >= 0.3 is 0 Å². The van der Waals surface area contributed by atoms with Crippen LogP contribution in [0.25, 0.3) is 0 Å². The first-order chi connectivity index (χ1) is 13.6. The second kappa shape index (κ2) is 9.04. The lowest BCUT2D eigenvalue weighted by molar-refractivity contribution is 0.102. The molecule has 0 aliphatic heterocycles. The molecule has 0 radical (unpaired) electrons. The molecule has 5 nitrogen and oxygen atoms in total. The van der Waals surface area contributed by atoms with E-state index >= 15 is 0 Å². The van der Waals surface area contributed by atoms with Gasteiger partial charge in [-0.15, -0.1) is 0 Å². The fourth-order valence-electron chi connectivity index (χ4n) is 2.89. The monoisotopic (exact) mass is 375 g/mol. The Bertz CT molecular complexity index is 952. The molecule has 0 saturated carbocycles. The Kier molecular flexibility index (Phi) is 6.27. The van der Waals surface area contributed by atoms with E-state index in [0.717, 1.165) is 35.5 Å². The number of hydrogen-bond acceptors (Lipinski definition) is 4. The third-order valence-electron chi connectivity index (χ3n) is 4.69. The molecule has 144 valence electrons. The molecular weight excluding hydrogens is 350 g/mol. The number of methoxy groups -OCH3 is 1. The maximum Gasteiger partial charge on any atom is 0.256 e. The van der Waals surface area contributed by atoms with Gasteiger partial charge < -0.3 is 15.4 Å². The lowest BCUT2D eigenvalue weighted by Gasteiger charge is -2.10. The van der Waals surface area contributed by atoms with Crippen molar-refractivity contribution in [1.82, 2.24) is 4.98 Å². The molecular formula is C23H25N3O2. The van der Waals surface area contributed by atoms with Crippen molar-refractivity contribution in [1.29, 1.82) is 0 Å². The molecule has 0 bridgehead atoms. The van der Waals surface area contributed by atoms with Crippen LogP contribution in [0.5, 0.6) is 5.75 Å². The largest absolute Gasteiger partial charge is 0.496 e. The number of para-hydroxylation sites is 1. The zero-order chi connectivity index (χ0) is 19.9. The second-order valence-electron chi connectivity index (χ2n) is 6.67. The molecule has 2 N–H and O–H groups in total. The summed E-state index contributed by atoms with van der Waals surface area (Å²) in [6, 6.07) is 17.4. The number of carbonyl (C=O) groups excluding carboxylic acids is 1. The number of aromatic nitrogens is 1. The standard InChI is InChI=1S/C23H25N3O2/c1-16-8-9-19(14-17(16)2)23(27)26-22-11-10-20(15-25-22)24-13-12-18-6-4-5-7-21(18)28-3/h4-11,14-15,24H,12-13H2,1-3H3,(H,25,26,27). The van der Waals surface area contributed by atoms with Gasteiger partial charge in [0.25, 0.3) is 5.91 Å². The van der Waals surface area contributed by atoms with Gasteiger partial charge in [-0.05, 0) is 67.3 Å². The van der Waals surface area contributed by atoms with Crippen LogP contribution in [-0.4, -0.2) is 24.5 Å². The number of benzene rings is 2. The predicted molar refractivity (Wildman–Crippen MR) is 113 cm³/mol. The van der Waals surface area contributed by atoms with Crippen LogP contribution in [0.1, 0.15) is 27.0 Å². The van der Waals surface area contributed by atoms with Crippen LogP contribution in [-0.2, 0) is 6.42 Å². The number of ether oxygens (including phenoxy) is 1. The molecule has 2 aromatic carbocycles. The number of nitrogens with zero attached hydrogens (tertiary/aromatic N) is 1. The smallest absolute Gasteiger partial charge is 0.256 e. The van der Waals surface area contributed by atoms with Gasteiger partial charge in [0.1, 0.15) is 11.6 Å². The highest BCUT2D eigenvalue weighted by atomic mass is 16.5. The Morgan fingerprint density at radius 1 is 1.04 bits per heavy atom. The molecule has 1 aromatic heterocycles. The minimum Gasteiger partial charge on any atom is -0.496 e. The highest BCUT2D eigenvalue weighted by Gasteiger charge is 2.08. The molecule has 1 heterocycles. The highest BCUT2D eigenvalue weighted by molar-refractivity contribution is 6.03. The number of hydrogen-bond donors (Lipinski definition) is 2. The van der Waals surface area contributed by atoms with Crippen molar-refractivity contribution in [2.24, 2.45) is 0 Å². The Morgan fingerprint density at radius 2 is 1.86 bits per heavy atom. The molecule has 0 aliphatic carbocycles. The SMILES string of the molecule is COc1ccccc1CCNc1ccc(NC(=O)c2ccc(C)c(C)c2)nc1. The fraction of sp³-hybridized carbons (Fsp3) is 0.217. The van der Waals surface area contributed by atoms with Crippen molar-refractivity contribution in [2.45, 2.75) is 20.3 Å². The van der Waals surface area contributed by atoms with Crippen molar-refractivity contribution in [2.75, 3.05) is 24.3 Å². The minimum atomic E-state index is -0.160. The van der Waals surface area contributed by atoms with E-state index in [-0.39, 0.29) is 5.91 Å². The number of nitrogens with one attached hydrogen (secondary N) is 2. The second-order valence-corrected chi connectivity index (χ2v) is 6.67. The molecule has 0 unspecified atom stereocenters. The lowest BCUT2D eigenvalue weighted by Crippen LogP contribution is -2.13. The topological polar surface area (TPSA) is 63.2 Å². The number of carbonyl (C=O) groups is 1. The molecule has 0 atom stereocenters. The molecule has 0 aliphatic rings. The summed E-state index contributed by atoms with van der Waals surface area (Å²) in [6.07, 6.45) is 2.56. The number of rotatable bonds is 7. The summed E-state index contributed by atoms with van der Waals surface area (Å²) < 4.78 is 5.37. The van der Waals surface area contributed by atoms with Crippen molar-refractivity contribution >= 4 is 17.4 Å². The Hall–Kier alpha value is -3.34. The fourth-order valence-corrected chi connectivity index (χ4v) is 2.89. The van der Waals surface area contributed by atoms with Gasteiger partial charge in [-0.3, -0.25) is 4.79 Å². The number of anilines is 2. The van der Waals surface area contributed by atoms with Crippen LogP contribution in [0.3, 0.4) is 0 Å².